The zero-order valence-corrected chi connectivity index (χ0v) is 10.1. The second-order valence-corrected chi connectivity index (χ2v) is 4.55. The van der Waals surface area contributed by atoms with E-state index < -0.39 is 12.1 Å². The van der Waals surface area contributed by atoms with Crippen molar-refractivity contribution in [2.75, 3.05) is 0 Å². The minimum absolute atomic E-state index is 0.0264. The van der Waals surface area contributed by atoms with Gasteiger partial charge in [-0.15, -0.1) is 0 Å². The zero-order chi connectivity index (χ0) is 12.3. The highest BCUT2D eigenvalue weighted by Gasteiger charge is 2.26. The van der Waals surface area contributed by atoms with Gasteiger partial charge >= 0.3 is 5.97 Å². The third-order valence-corrected chi connectivity index (χ3v) is 3.08. The Morgan fingerprint density at radius 3 is 2.59 bits per heavy atom. The fourth-order valence-corrected chi connectivity index (χ4v) is 1.98. The number of ether oxygens (including phenoxy) is 1. The van der Waals surface area contributed by atoms with E-state index in [1.807, 2.05) is 0 Å². The van der Waals surface area contributed by atoms with Crippen molar-refractivity contribution >= 4 is 23.4 Å². The van der Waals surface area contributed by atoms with Crippen molar-refractivity contribution in [1.29, 1.82) is 0 Å². The van der Waals surface area contributed by atoms with E-state index in [-0.39, 0.29) is 5.78 Å². The van der Waals surface area contributed by atoms with E-state index in [4.69, 9.17) is 16.3 Å². The molecule has 0 bridgehead atoms. The van der Waals surface area contributed by atoms with E-state index in [2.05, 4.69) is 0 Å². The summed E-state index contributed by atoms with van der Waals surface area (Å²) in [6.45, 7) is 0. The quantitative estimate of drug-likeness (QED) is 0.760. The third-order valence-electron chi connectivity index (χ3n) is 2.83. The molecule has 1 aromatic carbocycles. The number of halogens is 1. The van der Waals surface area contributed by atoms with Crippen LogP contribution >= 0.6 is 11.6 Å². The van der Waals surface area contributed by atoms with E-state index in [9.17, 15) is 9.59 Å². The Morgan fingerprint density at radius 2 is 1.94 bits per heavy atom. The van der Waals surface area contributed by atoms with E-state index in [1.54, 1.807) is 24.3 Å². The Hall–Kier alpha value is -1.35. The fourth-order valence-electron chi connectivity index (χ4n) is 1.86. The van der Waals surface area contributed by atoms with Crippen molar-refractivity contribution < 1.29 is 14.3 Å². The summed E-state index contributed by atoms with van der Waals surface area (Å²) in [5.41, 5.74) is 0.424. The van der Waals surface area contributed by atoms with E-state index in [0.717, 1.165) is 12.8 Å². The van der Waals surface area contributed by atoms with Crippen LogP contribution in [0.4, 0.5) is 0 Å². The van der Waals surface area contributed by atoms with Crippen molar-refractivity contribution in [1.82, 2.24) is 0 Å². The van der Waals surface area contributed by atoms with Gasteiger partial charge in [0.2, 0.25) is 0 Å². The van der Waals surface area contributed by atoms with Crippen LogP contribution in [0.15, 0.2) is 24.3 Å². The fraction of sp³-hybridized carbons (Fsp3) is 0.385. The first-order valence-corrected chi connectivity index (χ1v) is 6.04. The number of esters is 1. The maximum atomic E-state index is 11.8. The Morgan fingerprint density at radius 1 is 1.24 bits per heavy atom. The van der Waals surface area contributed by atoms with Crippen LogP contribution in [-0.2, 0) is 9.53 Å². The summed E-state index contributed by atoms with van der Waals surface area (Å²) < 4.78 is 5.20. The molecule has 0 amide bonds. The predicted octanol–water partition coefficient (Wildman–Crippen LogP) is 3.01. The lowest BCUT2D eigenvalue weighted by Gasteiger charge is -2.20. The molecule has 1 aromatic rings. The van der Waals surface area contributed by atoms with Gasteiger partial charge in [-0.2, -0.15) is 0 Å². The monoisotopic (exact) mass is 252 g/mol. The van der Waals surface area contributed by atoms with Gasteiger partial charge in [-0.1, -0.05) is 11.6 Å². The lowest BCUT2D eigenvalue weighted by molar-refractivity contribution is -0.129. The van der Waals surface area contributed by atoms with Gasteiger partial charge in [-0.05, 0) is 43.5 Å². The summed E-state index contributed by atoms with van der Waals surface area (Å²) in [4.78, 5) is 23.3. The van der Waals surface area contributed by atoms with Crippen LogP contribution in [-0.4, -0.2) is 17.9 Å². The summed E-state index contributed by atoms with van der Waals surface area (Å²) in [6.07, 6.45) is 2.42. The number of ketones is 1. The molecule has 17 heavy (non-hydrogen) atoms. The van der Waals surface area contributed by atoms with Crippen LogP contribution in [0.3, 0.4) is 0 Å². The number of hydrogen-bond donors (Lipinski definition) is 0. The van der Waals surface area contributed by atoms with Crippen molar-refractivity contribution in [3.8, 4) is 0 Å². The van der Waals surface area contributed by atoms with Gasteiger partial charge in [0.15, 0.2) is 11.9 Å². The van der Waals surface area contributed by atoms with Crippen LogP contribution < -0.4 is 0 Å². The average Bonchev–Trinajstić information content (AvgIpc) is 2.33. The number of Topliss-reactive ketones (excluding diaryl/α,β-unsaturated/α-hetero) is 1. The zero-order valence-electron chi connectivity index (χ0n) is 9.32. The Bertz CT molecular complexity index is 425. The predicted molar refractivity (Wildman–Crippen MR) is 64.1 cm³/mol. The first kappa shape index (κ1) is 12.1. The summed E-state index contributed by atoms with van der Waals surface area (Å²) in [5, 5.41) is 0.565. The molecule has 1 fully saturated rings. The molecule has 90 valence electrons. The maximum absolute atomic E-state index is 11.8. The number of carbonyl (C=O) groups excluding carboxylic acids is 2. The molecule has 3 nitrogen and oxygen atoms in total. The summed E-state index contributed by atoms with van der Waals surface area (Å²) >= 11 is 5.73. The van der Waals surface area contributed by atoms with Gasteiger partial charge < -0.3 is 4.74 Å². The van der Waals surface area contributed by atoms with Gasteiger partial charge in [0.1, 0.15) is 0 Å². The van der Waals surface area contributed by atoms with Gasteiger partial charge in [0.25, 0.3) is 0 Å². The molecule has 0 N–H and O–H groups in total. The number of hydrogen-bond acceptors (Lipinski definition) is 3. The minimum atomic E-state index is -0.563. The Balaban J connectivity index is 2.01. The molecule has 1 aliphatic rings. The molecule has 0 spiro atoms. The van der Waals surface area contributed by atoms with Crippen LogP contribution in [0.5, 0.6) is 0 Å². The van der Waals surface area contributed by atoms with Crippen molar-refractivity contribution in [2.45, 2.75) is 31.8 Å². The van der Waals surface area contributed by atoms with E-state index in [0.29, 0.717) is 23.4 Å². The molecule has 4 heteroatoms. The molecule has 0 unspecified atom stereocenters. The first-order chi connectivity index (χ1) is 8.16. The van der Waals surface area contributed by atoms with Gasteiger partial charge in [-0.3, -0.25) is 4.79 Å². The van der Waals surface area contributed by atoms with Crippen molar-refractivity contribution in [2.24, 2.45) is 0 Å². The molecule has 1 atom stereocenters. The molecule has 0 radical (unpaired) electrons. The molecule has 0 aromatic heterocycles. The molecule has 1 aliphatic carbocycles. The Labute approximate surface area is 105 Å². The molecule has 0 saturated heterocycles. The lowest BCUT2D eigenvalue weighted by atomic mass is 9.96. The smallest absolute Gasteiger partial charge is 0.338 e. The molecule has 0 heterocycles. The molecular formula is C13H13ClO3. The SMILES string of the molecule is O=C(O[C@@H]1CCCCC1=O)c1ccc(Cl)cc1. The average molecular weight is 253 g/mol. The highest BCUT2D eigenvalue weighted by molar-refractivity contribution is 6.30. The first-order valence-electron chi connectivity index (χ1n) is 5.66. The van der Waals surface area contributed by atoms with E-state index >= 15 is 0 Å². The molecule has 0 aliphatic heterocycles. The number of carbonyl (C=O) groups is 2. The molecule has 2 rings (SSSR count). The van der Waals surface area contributed by atoms with Gasteiger partial charge in [0.05, 0.1) is 5.56 Å². The van der Waals surface area contributed by atoms with Crippen molar-refractivity contribution in [3.63, 3.8) is 0 Å². The van der Waals surface area contributed by atoms with Crippen LogP contribution in [0.25, 0.3) is 0 Å². The van der Waals surface area contributed by atoms with Crippen LogP contribution in [0, 0.1) is 0 Å². The highest BCUT2D eigenvalue weighted by Crippen LogP contribution is 2.19. The van der Waals surface area contributed by atoms with Gasteiger partial charge in [-0.25, -0.2) is 4.79 Å². The van der Waals surface area contributed by atoms with Gasteiger partial charge in [0, 0.05) is 11.4 Å². The van der Waals surface area contributed by atoms with E-state index in [1.165, 1.54) is 0 Å². The maximum Gasteiger partial charge on any atom is 0.338 e. The highest BCUT2D eigenvalue weighted by atomic mass is 35.5. The topological polar surface area (TPSA) is 43.4 Å². The normalized spacial score (nSPS) is 20.1. The second-order valence-electron chi connectivity index (χ2n) is 4.11. The number of rotatable bonds is 2. The largest absolute Gasteiger partial charge is 0.451 e. The molecule has 1 saturated carbocycles. The van der Waals surface area contributed by atoms with Crippen molar-refractivity contribution in [3.05, 3.63) is 34.9 Å². The molecular weight excluding hydrogens is 240 g/mol. The lowest BCUT2D eigenvalue weighted by Crippen LogP contribution is -2.30. The van der Waals surface area contributed by atoms with Crippen LogP contribution in [0.2, 0.25) is 5.02 Å². The van der Waals surface area contributed by atoms with Crippen LogP contribution in [0.1, 0.15) is 36.0 Å². The summed E-state index contributed by atoms with van der Waals surface area (Å²) in [6, 6.07) is 6.44. The second kappa shape index (κ2) is 5.32. The minimum Gasteiger partial charge on any atom is -0.451 e. The summed E-state index contributed by atoms with van der Waals surface area (Å²) in [5.74, 6) is -0.430. The Kier molecular flexibility index (Phi) is 3.79. The standard InChI is InChI=1S/C13H13ClO3/c14-10-7-5-9(6-8-10)13(16)17-12-4-2-1-3-11(12)15/h5-8,12H,1-4H2/t12-/m1/s1. The number of benzene rings is 1. The third kappa shape index (κ3) is 3.07. The summed E-state index contributed by atoms with van der Waals surface area (Å²) in [7, 11) is 0.